The Morgan fingerprint density at radius 2 is 1.67 bits per heavy atom. The second kappa shape index (κ2) is 10.9. The Hall–Kier alpha value is -4.17. The smallest absolute Gasteiger partial charge is 0.323 e. The summed E-state index contributed by atoms with van der Waals surface area (Å²) in [5.74, 6) is 1.33. The normalized spacial score (nSPS) is 13.8. The number of aromatic nitrogens is 2. The zero-order valence-corrected chi connectivity index (χ0v) is 23.2. The van der Waals surface area contributed by atoms with Crippen molar-refractivity contribution in [3.63, 3.8) is 0 Å². The Labute approximate surface area is 229 Å². The number of morpholine rings is 1. The predicted molar refractivity (Wildman–Crippen MR) is 157 cm³/mol. The van der Waals surface area contributed by atoms with Gasteiger partial charge in [-0.15, -0.1) is 0 Å². The maximum absolute atomic E-state index is 13.1. The number of carbonyl (C=O) groups is 1. The summed E-state index contributed by atoms with van der Waals surface area (Å²) < 4.78 is 11.0. The van der Waals surface area contributed by atoms with E-state index in [1.54, 1.807) is 7.11 Å². The van der Waals surface area contributed by atoms with Gasteiger partial charge in [0.25, 0.3) is 0 Å². The zero-order valence-electron chi connectivity index (χ0n) is 23.2. The number of nitrogens with zero attached hydrogens (tertiary/aromatic N) is 3. The molecule has 0 unspecified atom stereocenters. The van der Waals surface area contributed by atoms with Gasteiger partial charge in [-0.25, -0.2) is 14.8 Å². The van der Waals surface area contributed by atoms with Gasteiger partial charge in [0.2, 0.25) is 5.95 Å². The van der Waals surface area contributed by atoms with Crippen molar-refractivity contribution in [2.75, 3.05) is 48.9 Å². The summed E-state index contributed by atoms with van der Waals surface area (Å²) in [6, 6.07) is 17.5. The highest BCUT2D eigenvalue weighted by Gasteiger charge is 2.19. The molecule has 2 N–H and O–H groups in total. The standard InChI is InChI=1S/C31H35N5O3/c1-20-25(19-32-29(33-20)36-14-16-39-17-15-36)23-11-12-26(24-9-7-6-8-22(23)24)34-30(37)35-27-18-21(31(2,3)4)10-13-28(27)38-5/h6-13,18-19H,14-17H2,1-5H3,(H2,34,35,37). The van der Waals surface area contributed by atoms with Crippen molar-refractivity contribution < 1.29 is 14.3 Å². The molecule has 1 aliphatic heterocycles. The van der Waals surface area contributed by atoms with Crippen LogP contribution in [0.4, 0.5) is 22.1 Å². The monoisotopic (exact) mass is 525 g/mol. The molecule has 0 bridgehead atoms. The quantitative estimate of drug-likeness (QED) is 0.314. The van der Waals surface area contributed by atoms with E-state index in [1.165, 1.54) is 0 Å². The minimum absolute atomic E-state index is 0.0621. The summed E-state index contributed by atoms with van der Waals surface area (Å²) in [4.78, 5) is 24.8. The van der Waals surface area contributed by atoms with Crippen LogP contribution in [0.5, 0.6) is 5.75 Å². The number of benzene rings is 3. The van der Waals surface area contributed by atoms with Gasteiger partial charge in [0.1, 0.15) is 5.75 Å². The third kappa shape index (κ3) is 5.66. The van der Waals surface area contributed by atoms with Gasteiger partial charge in [-0.3, -0.25) is 0 Å². The van der Waals surface area contributed by atoms with Gasteiger partial charge in [0.15, 0.2) is 0 Å². The van der Waals surface area contributed by atoms with Gasteiger partial charge < -0.3 is 25.0 Å². The minimum atomic E-state index is -0.341. The van der Waals surface area contributed by atoms with Crippen LogP contribution in [-0.4, -0.2) is 49.4 Å². The molecule has 4 aromatic rings. The number of ether oxygens (including phenoxy) is 2. The molecule has 0 spiro atoms. The molecule has 1 aliphatic rings. The number of hydrogen-bond acceptors (Lipinski definition) is 6. The summed E-state index contributed by atoms with van der Waals surface area (Å²) in [5.41, 5.74) is 5.25. The third-order valence-electron chi connectivity index (χ3n) is 7.04. The number of urea groups is 1. The number of nitrogens with one attached hydrogen (secondary N) is 2. The number of methoxy groups -OCH3 is 1. The fraction of sp³-hybridized carbons (Fsp3) is 0.323. The van der Waals surface area contributed by atoms with Crippen molar-refractivity contribution in [2.45, 2.75) is 33.1 Å². The van der Waals surface area contributed by atoms with E-state index in [-0.39, 0.29) is 11.4 Å². The second-order valence-electron chi connectivity index (χ2n) is 10.7. The molecule has 1 fully saturated rings. The summed E-state index contributed by atoms with van der Waals surface area (Å²) in [6.45, 7) is 11.4. The molecule has 39 heavy (non-hydrogen) atoms. The fourth-order valence-electron chi connectivity index (χ4n) is 4.83. The highest BCUT2D eigenvalue weighted by atomic mass is 16.5. The number of amides is 2. The lowest BCUT2D eigenvalue weighted by molar-refractivity contribution is 0.122. The average Bonchev–Trinajstić information content (AvgIpc) is 2.93. The van der Waals surface area contributed by atoms with Gasteiger partial charge >= 0.3 is 6.03 Å². The van der Waals surface area contributed by atoms with Crippen LogP contribution in [0, 0.1) is 6.92 Å². The molecule has 8 nitrogen and oxygen atoms in total. The molecule has 0 aliphatic carbocycles. The van der Waals surface area contributed by atoms with Gasteiger partial charge in [0, 0.05) is 30.2 Å². The van der Waals surface area contributed by atoms with Gasteiger partial charge in [-0.05, 0) is 47.1 Å². The summed E-state index contributed by atoms with van der Waals surface area (Å²) in [6.07, 6.45) is 1.89. The van der Waals surface area contributed by atoms with Crippen LogP contribution < -0.4 is 20.3 Å². The van der Waals surface area contributed by atoms with E-state index in [0.717, 1.165) is 52.2 Å². The Morgan fingerprint density at radius 3 is 2.36 bits per heavy atom. The molecule has 5 rings (SSSR count). The van der Waals surface area contributed by atoms with E-state index in [0.29, 0.717) is 30.3 Å². The van der Waals surface area contributed by atoms with Crippen LogP contribution in [-0.2, 0) is 10.2 Å². The Bertz CT molecular complexity index is 1510. The fourth-order valence-corrected chi connectivity index (χ4v) is 4.83. The van der Waals surface area contributed by atoms with E-state index in [2.05, 4.69) is 47.4 Å². The van der Waals surface area contributed by atoms with Crippen molar-refractivity contribution in [2.24, 2.45) is 0 Å². The van der Waals surface area contributed by atoms with Crippen LogP contribution in [0.3, 0.4) is 0 Å². The van der Waals surface area contributed by atoms with Crippen molar-refractivity contribution in [1.82, 2.24) is 9.97 Å². The first-order chi connectivity index (χ1) is 18.7. The molecule has 0 radical (unpaired) electrons. The van der Waals surface area contributed by atoms with Crippen molar-refractivity contribution in [3.05, 3.63) is 72.1 Å². The van der Waals surface area contributed by atoms with Crippen molar-refractivity contribution >= 4 is 34.1 Å². The number of anilines is 3. The predicted octanol–water partition coefficient (Wildman–Crippen LogP) is 6.39. The lowest BCUT2D eigenvalue weighted by atomic mass is 9.87. The molecule has 2 amide bonds. The molecule has 2 heterocycles. The number of carbonyl (C=O) groups excluding carboxylic acids is 1. The Kier molecular flexibility index (Phi) is 7.39. The topological polar surface area (TPSA) is 88.6 Å². The van der Waals surface area contributed by atoms with Crippen molar-refractivity contribution in [3.8, 4) is 16.9 Å². The van der Waals surface area contributed by atoms with Crippen molar-refractivity contribution in [1.29, 1.82) is 0 Å². The Balaban J connectivity index is 1.43. The summed E-state index contributed by atoms with van der Waals surface area (Å²) in [5, 5.41) is 7.94. The molecule has 0 atom stereocenters. The highest BCUT2D eigenvalue weighted by Crippen LogP contribution is 2.35. The first-order valence-corrected chi connectivity index (χ1v) is 13.2. The molecule has 3 aromatic carbocycles. The Morgan fingerprint density at radius 1 is 0.949 bits per heavy atom. The number of aryl methyl sites for hydroxylation is 1. The second-order valence-corrected chi connectivity index (χ2v) is 10.7. The maximum atomic E-state index is 13.1. The molecular formula is C31H35N5O3. The lowest BCUT2D eigenvalue weighted by Crippen LogP contribution is -2.37. The molecule has 202 valence electrons. The van der Waals surface area contributed by atoms with Crippen LogP contribution in [0.1, 0.15) is 32.0 Å². The van der Waals surface area contributed by atoms with E-state index in [4.69, 9.17) is 14.5 Å². The van der Waals surface area contributed by atoms with Crippen LogP contribution in [0.2, 0.25) is 0 Å². The van der Waals surface area contributed by atoms with E-state index in [9.17, 15) is 4.79 Å². The number of rotatable bonds is 5. The SMILES string of the molecule is COc1ccc(C(C)(C)C)cc1NC(=O)Nc1ccc(-c2cnc(N3CCOCC3)nc2C)c2ccccc12. The van der Waals surface area contributed by atoms with Gasteiger partial charge in [0.05, 0.1) is 37.4 Å². The maximum Gasteiger partial charge on any atom is 0.323 e. The lowest BCUT2D eigenvalue weighted by Gasteiger charge is -2.27. The molecule has 8 heteroatoms. The average molecular weight is 526 g/mol. The van der Waals surface area contributed by atoms with E-state index >= 15 is 0 Å². The first-order valence-electron chi connectivity index (χ1n) is 13.2. The van der Waals surface area contributed by atoms with E-state index in [1.807, 2.05) is 61.7 Å². The van der Waals surface area contributed by atoms with Crippen LogP contribution in [0.15, 0.2) is 60.8 Å². The largest absolute Gasteiger partial charge is 0.495 e. The van der Waals surface area contributed by atoms with Crippen LogP contribution >= 0.6 is 0 Å². The molecule has 1 aromatic heterocycles. The number of hydrogen-bond donors (Lipinski definition) is 2. The number of fused-ring (bicyclic) bond motifs is 1. The van der Waals surface area contributed by atoms with Gasteiger partial charge in [-0.1, -0.05) is 57.2 Å². The first kappa shape index (κ1) is 26.4. The van der Waals surface area contributed by atoms with E-state index < -0.39 is 0 Å². The summed E-state index contributed by atoms with van der Waals surface area (Å²) >= 11 is 0. The molecule has 0 saturated carbocycles. The summed E-state index contributed by atoms with van der Waals surface area (Å²) in [7, 11) is 1.60. The van der Waals surface area contributed by atoms with Crippen LogP contribution in [0.25, 0.3) is 21.9 Å². The minimum Gasteiger partial charge on any atom is -0.495 e. The molecular weight excluding hydrogens is 490 g/mol. The third-order valence-corrected chi connectivity index (χ3v) is 7.04. The van der Waals surface area contributed by atoms with Gasteiger partial charge in [-0.2, -0.15) is 0 Å². The molecule has 1 saturated heterocycles. The zero-order chi connectivity index (χ0) is 27.6. The highest BCUT2D eigenvalue weighted by molar-refractivity contribution is 6.10.